The molecule has 0 aromatic heterocycles. The molecule has 3 rings (SSSR count). The van der Waals surface area contributed by atoms with Crippen molar-refractivity contribution < 1.29 is 19.0 Å². The van der Waals surface area contributed by atoms with Gasteiger partial charge in [-0.05, 0) is 30.5 Å². The number of guanidine groups is 1. The fraction of sp³-hybridized carbons (Fsp3) is 0.636. The van der Waals surface area contributed by atoms with Crippen LogP contribution in [-0.2, 0) is 14.3 Å². The molecular formula is C22H35IN4O4. The van der Waals surface area contributed by atoms with Crippen molar-refractivity contribution in [3.05, 3.63) is 29.8 Å². The molecule has 1 aromatic carbocycles. The third-order valence-corrected chi connectivity index (χ3v) is 5.98. The minimum absolute atomic E-state index is 0. The monoisotopic (exact) mass is 546 g/mol. The first-order valence-corrected chi connectivity index (χ1v) is 10.7. The average molecular weight is 546 g/mol. The van der Waals surface area contributed by atoms with Crippen LogP contribution >= 0.6 is 24.0 Å². The number of methoxy groups -OCH3 is 2. The SMILES string of the molecule is CN=C(NCC(c1ccc(OC)cc1)N1CCOCC1)N1CCC(C(=O)OC)CC1.I. The van der Waals surface area contributed by atoms with E-state index >= 15 is 0 Å². The van der Waals surface area contributed by atoms with Gasteiger partial charge < -0.3 is 24.4 Å². The van der Waals surface area contributed by atoms with Gasteiger partial charge in [-0.15, -0.1) is 24.0 Å². The third-order valence-electron chi connectivity index (χ3n) is 5.98. The molecule has 1 N–H and O–H groups in total. The summed E-state index contributed by atoms with van der Waals surface area (Å²) in [4.78, 5) is 21.0. The summed E-state index contributed by atoms with van der Waals surface area (Å²) in [5.74, 6) is 1.62. The molecule has 174 valence electrons. The molecule has 2 saturated heterocycles. The lowest BCUT2D eigenvalue weighted by molar-refractivity contribution is -0.146. The van der Waals surface area contributed by atoms with E-state index in [2.05, 4.69) is 32.2 Å². The van der Waals surface area contributed by atoms with Crippen molar-refractivity contribution in [3.8, 4) is 5.75 Å². The van der Waals surface area contributed by atoms with E-state index < -0.39 is 0 Å². The molecular weight excluding hydrogens is 511 g/mol. The molecule has 31 heavy (non-hydrogen) atoms. The predicted octanol–water partition coefficient (Wildman–Crippen LogP) is 2.15. The zero-order valence-electron chi connectivity index (χ0n) is 18.7. The average Bonchev–Trinajstić information content (AvgIpc) is 2.82. The largest absolute Gasteiger partial charge is 0.497 e. The van der Waals surface area contributed by atoms with E-state index in [-0.39, 0.29) is 41.9 Å². The van der Waals surface area contributed by atoms with Crippen LogP contribution in [0.25, 0.3) is 0 Å². The van der Waals surface area contributed by atoms with Crippen molar-refractivity contribution in [1.82, 2.24) is 15.1 Å². The molecule has 0 spiro atoms. The molecule has 2 aliphatic rings. The lowest BCUT2D eigenvalue weighted by Gasteiger charge is -2.37. The van der Waals surface area contributed by atoms with E-state index in [9.17, 15) is 4.79 Å². The Morgan fingerprint density at radius 3 is 2.35 bits per heavy atom. The number of carbonyl (C=O) groups is 1. The van der Waals surface area contributed by atoms with Gasteiger partial charge in [0.05, 0.1) is 39.4 Å². The first-order chi connectivity index (χ1) is 14.7. The van der Waals surface area contributed by atoms with Crippen LogP contribution in [0.3, 0.4) is 0 Å². The summed E-state index contributed by atoms with van der Waals surface area (Å²) in [5, 5.41) is 3.57. The molecule has 0 radical (unpaired) electrons. The topological polar surface area (TPSA) is 75.6 Å². The van der Waals surface area contributed by atoms with Crippen LogP contribution in [0.1, 0.15) is 24.4 Å². The molecule has 0 bridgehead atoms. The molecule has 1 atom stereocenters. The van der Waals surface area contributed by atoms with E-state index in [1.165, 1.54) is 12.7 Å². The molecule has 0 aliphatic carbocycles. The Kier molecular flexibility index (Phi) is 10.8. The molecule has 1 unspecified atom stereocenters. The van der Waals surface area contributed by atoms with Gasteiger partial charge in [0.25, 0.3) is 0 Å². The number of hydrogen-bond acceptors (Lipinski definition) is 6. The summed E-state index contributed by atoms with van der Waals surface area (Å²) < 4.78 is 15.8. The smallest absolute Gasteiger partial charge is 0.308 e. The normalized spacial score (nSPS) is 19.3. The Morgan fingerprint density at radius 1 is 1.16 bits per heavy atom. The van der Waals surface area contributed by atoms with Gasteiger partial charge in [0, 0.05) is 39.8 Å². The molecule has 2 fully saturated rings. The number of carbonyl (C=O) groups excluding carboxylic acids is 1. The molecule has 0 saturated carbocycles. The molecule has 2 aliphatic heterocycles. The maximum atomic E-state index is 11.8. The Labute approximate surface area is 202 Å². The van der Waals surface area contributed by atoms with Crippen LogP contribution in [0.2, 0.25) is 0 Å². The van der Waals surface area contributed by atoms with Gasteiger partial charge in [-0.3, -0.25) is 14.7 Å². The van der Waals surface area contributed by atoms with Crippen LogP contribution in [0.15, 0.2) is 29.3 Å². The number of ether oxygens (including phenoxy) is 3. The van der Waals surface area contributed by atoms with Gasteiger partial charge in [0.1, 0.15) is 5.75 Å². The number of esters is 1. The van der Waals surface area contributed by atoms with Crippen molar-refractivity contribution in [2.24, 2.45) is 10.9 Å². The summed E-state index contributed by atoms with van der Waals surface area (Å²) in [6.45, 7) is 5.65. The Morgan fingerprint density at radius 2 is 1.81 bits per heavy atom. The number of piperidine rings is 1. The zero-order chi connectivity index (χ0) is 21.3. The van der Waals surface area contributed by atoms with Crippen LogP contribution < -0.4 is 10.1 Å². The van der Waals surface area contributed by atoms with Gasteiger partial charge in [-0.2, -0.15) is 0 Å². The number of rotatable bonds is 6. The van der Waals surface area contributed by atoms with Crippen molar-refractivity contribution in [1.29, 1.82) is 0 Å². The summed E-state index contributed by atoms with van der Waals surface area (Å²) >= 11 is 0. The number of aliphatic imine (C=N–C) groups is 1. The fourth-order valence-electron chi connectivity index (χ4n) is 4.19. The Balaban J connectivity index is 0.00000341. The maximum Gasteiger partial charge on any atom is 0.308 e. The number of morpholine rings is 1. The summed E-state index contributed by atoms with van der Waals surface area (Å²) in [6.07, 6.45) is 1.58. The van der Waals surface area contributed by atoms with Gasteiger partial charge in [0.2, 0.25) is 0 Å². The number of benzene rings is 1. The first kappa shape index (κ1) is 25.7. The summed E-state index contributed by atoms with van der Waals surface area (Å²) in [5.41, 5.74) is 1.24. The second kappa shape index (κ2) is 13.1. The minimum Gasteiger partial charge on any atom is -0.497 e. The van der Waals surface area contributed by atoms with Crippen LogP contribution in [-0.4, -0.2) is 88.9 Å². The highest BCUT2D eigenvalue weighted by Crippen LogP contribution is 2.24. The van der Waals surface area contributed by atoms with E-state index in [4.69, 9.17) is 14.2 Å². The minimum atomic E-state index is -0.107. The van der Waals surface area contributed by atoms with Crippen molar-refractivity contribution in [2.75, 3.05) is 67.2 Å². The second-order valence-electron chi connectivity index (χ2n) is 7.65. The number of nitrogens with zero attached hydrogens (tertiary/aromatic N) is 3. The number of hydrogen-bond donors (Lipinski definition) is 1. The van der Waals surface area contributed by atoms with Gasteiger partial charge in [-0.25, -0.2) is 0 Å². The molecule has 1 aromatic rings. The van der Waals surface area contributed by atoms with Gasteiger partial charge >= 0.3 is 5.97 Å². The first-order valence-electron chi connectivity index (χ1n) is 10.7. The number of halogens is 1. The van der Waals surface area contributed by atoms with Crippen molar-refractivity contribution >= 4 is 35.9 Å². The molecule has 9 heteroatoms. The van der Waals surface area contributed by atoms with E-state index in [1.807, 2.05) is 19.2 Å². The highest BCUT2D eigenvalue weighted by molar-refractivity contribution is 14.0. The van der Waals surface area contributed by atoms with Crippen molar-refractivity contribution in [2.45, 2.75) is 18.9 Å². The van der Waals surface area contributed by atoms with Crippen LogP contribution in [0.4, 0.5) is 0 Å². The van der Waals surface area contributed by atoms with Crippen LogP contribution in [0, 0.1) is 5.92 Å². The van der Waals surface area contributed by atoms with E-state index in [0.717, 1.165) is 70.5 Å². The Bertz CT molecular complexity index is 702. The summed E-state index contributed by atoms with van der Waals surface area (Å²) in [6, 6.07) is 8.49. The predicted molar refractivity (Wildman–Crippen MR) is 131 cm³/mol. The lowest BCUT2D eigenvalue weighted by Crippen LogP contribution is -2.49. The van der Waals surface area contributed by atoms with Crippen molar-refractivity contribution in [3.63, 3.8) is 0 Å². The highest BCUT2D eigenvalue weighted by atomic mass is 127. The molecule has 0 amide bonds. The van der Waals surface area contributed by atoms with E-state index in [0.29, 0.717) is 0 Å². The maximum absolute atomic E-state index is 11.8. The fourth-order valence-corrected chi connectivity index (χ4v) is 4.19. The van der Waals surface area contributed by atoms with Crippen LogP contribution in [0.5, 0.6) is 5.75 Å². The molecule has 8 nitrogen and oxygen atoms in total. The number of likely N-dealkylation sites (tertiary alicyclic amines) is 1. The summed E-state index contributed by atoms with van der Waals surface area (Å²) in [7, 11) is 4.95. The Hall–Kier alpha value is -1.59. The zero-order valence-corrected chi connectivity index (χ0v) is 21.0. The second-order valence-corrected chi connectivity index (χ2v) is 7.65. The van der Waals surface area contributed by atoms with Gasteiger partial charge in [-0.1, -0.05) is 12.1 Å². The quantitative estimate of drug-likeness (QED) is 0.254. The van der Waals surface area contributed by atoms with E-state index in [1.54, 1.807) is 7.11 Å². The molecule has 2 heterocycles. The van der Waals surface area contributed by atoms with Gasteiger partial charge in [0.15, 0.2) is 5.96 Å². The standard InChI is InChI=1S/C22H34N4O4.HI/c1-23-22(26-10-8-18(9-11-26)21(27)29-3)24-16-20(25-12-14-30-15-13-25)17-4-6-19(28-2)7-5-17;/h4-7,18,20H,8-16H2,1-3H3,(H,23,24);1H. The number of nitrogens with one attached hydrogen (secondary N) is 1. The lowest BCUT2D eigenvalue weighted by atomic mass is 9.97. The highest BCUT2D eigenvalue weighted by Gasteiger charge is 2.28. The third kappa shape index (κ3) is 6.95.